The topological polar surface area (TPSA) is 20.3 Å². The minimum Gasteiger partial charge on any atom is -0.303 e. The van der Waals surface area contributed by atoms with Crippen LogP contribution in [0.3, 0.4) is 0 Å². The van der Waals surface area contributed by atoms with E-state index in [1.165, 1.54) is 17.9 Å². The molecule has 0 aromatic heterocycles. The van der Waals surface area contributed by atoms with Crippen molar-refractivity contribution < 1.29 is 4.79 Å². The molecule has 0 spiro atoms. The third kappa shape index (κ3) is 3.31. The summed E-state index contributed by atoms with van der Waals surface area (Å²) in [5.74, 6) is 2.50. The van der Waals surface area contributed by atoms with Crippen LogP contribution < -0.4 is 0 Å². The van der Waals surface area contributed by atoms with Gasteiger partial charge in [0.25, 0.3) is 0 Å². The summed E-state index contributed by atoms with van der Waals surface area (Å²) in [7, 11) is 2.13. The van der Waals surface area contributed by atoms with E-state index in [2.05, 4.69) is 11.9 Å². The molecule has 13 heavy (non-hydrogen) atoms. The number of hydrogen-bond donors (Lipinski definition) is 0. The van der Waals surface area contributed by atoms with Gasteiger partial charge in [-0.3, -0.25) is 0 Å². The summed E-state index contributed by atoms with van der Waals surface area (Å²) in [5.41, 5.74) is -0.192. The minimum absolute atomic E-state index is 0.192. The molecule has 0 aliphatic carbocycles. The SMILES string of the molecule is CN(CC(C)(C)C=O)C1CCSC1. The lowest BCUT2D eigenvalue weighted by atomic mass is 9.94. The van der Waals surface area contributed by atoms with Crippen LogP contribution in [0.15, 0.2) is 0 Å². The van der Waals surface area contributed by atoms with Crippen LogP contribution in [-0.4, -0.2) is 42.3 Å². The van der Waals surface area contributed by atoms with Crippen molar-refractivity contribution >= 4 is 18.0 Å². The molecule has 3 heteroatoms. The van der Waals surface area contributed by atoms with Crippen LogP contribution >= 0.6 is 11.8 Å². The van der Waals surface area contributed by atoms with E-state index < -0.39 is 0 Å². The van der Waals surface area contributed by atoms with Crippen molar-refractivity contribution in [1.82, 2.24) is 4.90 Å². The quantitative estimate of drug-likeness (QED) is 0.645. The van der Waals surface area contributed by atoms with Crippen molar-refractivity contribution in [3.63, 3.8) is 0 Å². The second-order valence-corrected chi connectivity index (χ2v) is 5.69. The van der Waals surface area contributed by atoms with E-state index in [1.807, 2.05) is 25.6 Å². The van der Waals surface area contributed by atoms with Crippen molar-refractivity contribution in [2.24, 2.45) is 5.41 Å². The van der Waals surface area contributed by atoms with Gasteiger partial charge in [-0.05, 0) is 19.2 Å². The third-order valence-corrected chi connectivity index (χ3v) is 3.65. The number of nitrogens with zero attached hydrogens (tertiary/aromatic N) is 1. The Balaban J connectivity index is 2.39. The monoisotopic (exact) mass is 201 g/mol. The molecule has 1 saturated heterocycles. The third-order valence-electron chi connectivity index (χ3n) is 2.50. The highest BCUT2D eigenvalue weighted by Crippen LogP contribution is 2.23. The molecule has 1 rings (SSSR count). The highest BCUT2D eigenvalue weighted by Gasteiger charge is 2.25. The minimum atomic E-state index is -0.192. The maximum absolute atomic E-state index is 10.7. The van der Waals surface area contributed by atoms with E-state index in [0.29, 0.717) is 6.04 Å². The zero-order chi connectivity index (χ0) is 9.90. The smallest absolute Gasteiger partial charge is 0.126 e. The van der Waals surface area contributed by atoms with E-state index in [9.17, 15) is 4.79 Å². The summed E-state index contributed by atoms with van der Waals surface area (Å²) in [4.78, 5) is 13.1. The fraction of sp³-hybridized carbons (Fsp3) is 0.900. The van der Waals surface area contributed by atoms with E-state index >= 15 is 0 Å². The van der Waals surface area contributed by atoms with Gasteiger partial charge in [0, 0.05) is 23.8 Å². The van der Waals surface area contributed by atoms with Crippen LogP contribution in [-0.2, 0) is 4.79 Å². The highest BCUT2D eigenvalue weighted by atomic mass is 32.2. The summed E-state index contributed by atoms with van der Waals surface area (Å²) >= 11 is 2.01. The predicted octanol–water partition coefficient (Wildman–Crippen LogP) is 1.65. The molecule has 76 valence electrons. The number of rotatable bonds is 4. The first kappa shape index (κ1) is 11.1. The molecule has 1 unspecified atom stereocenters. The molecule has 1 atom stereocenters. The van der Waals surface area contributed by atoms with E-state index in [0.717, 1.165) is 12.8 Å². The first-order valence-corrected chi connectivity index (χ1v) is 5.95. The van der Waals surface area contributed by atoms with Crippen molar-refractivity contribution in [3.8, 4) is 0 Å². The van der Waals surface area contributed by atoms with Crippen molar-refractivity contribution in [1.29, 1.82) is 0 Å². The van der Waals surface area contributed by atoms with Crippen molar-refractivity contribution in [3.05, 3.63) is 0 Å². The Hall–Kier alpha value is -0.0200. The molecular formula is C10H19NOS. The first-order chi connectivity index (χ1) is 6.05. The molecule has 1 aliphatic heterocycles. The van der Waals surface area contributed by atoms with Crippen LogP contribution in [0, 0.1) is 5.41 Å². The summed E-state index contributed by atoms with van der Waals surface area (Å²) in [6.07, 6.45) is 2.34. The summed E-state index contributed by atoms with van der Waals surface area (Å²) < 4.78 is 0. The predicted molar refractivity (Wildman–Crippen MR) is 58.2 cm³/mol. The average molecular weight is 201 g/mol. The van der Waals surface area contributed by atoms with Gasteiger partial charge in [-0.2, -0.15) is 11.8 Å². The van der Waals surface area contributed by atoms with E-state index in [4.69, 9.17) is 0 Å². The molecule has 0 amide bonds. The molecule has 0 bridgehead atoms. The number of hydrogen-bond acceptors (Lipinski definition) is 3. The lowest BCUT2D eigenvalue weighted by molar-refractivity contribution is -0.115. The van der Waals surface area contributed by atoms with Gasteiger partial charge in [0.05, 0.1) is 0 Å². The Labute approximate surface area is 85.1 Å². The Morgan fingerprint density at radius 3 is 2.77 bits per heavy atom. The Morgan fingerprint density at radius 2 is 2.31 bits per heavy atom. The van der Waals surface area contributed by atoms with Gasteiger partial charge in [0.2, 0.25) is 0 Å². The number of carbonyl (C=O) groups is 1. The average Bonchev–Trinajstić information content (AvgIpc) is 2.55. The van der Waals surface area contributed by atoms with Gasteiger partial charge < -0.3 is 9.69 Å². The molecule has 1 heterocycles. The molecule has 0 aromatic carbocycles. The van der Waals surface area contributed by atoms with E-state index in [1.54, 1.807) is 0 Å². The zero-order valence-corrected chi connectivity index (χ0v) is 9.56. The second kappa shape index (κ2) is 4.47. The number of aldehydes is 1. The van der Waals surface area contributed by atoms with Crippen LogP contribution in [0.25, 0.3) is 0 Å². The highest BCUT2D eigenvalue weighted by molar-refractivity contribution is 7.99. The lowest BCUT2D eigenvalue weighted by Gasteiger charge is -2.29. The van der Waals surface area contributed by atoms with E-state index in [-0.39, 0.29) is 5.41 Å². The Kier molecular flexibility index (Phi) is 3.80. The zero-order valence-electron chi connectivity index (χ0n) is 8.75. The largest absolute Gasteiger partial charge is 0.303 e. The molecule has 0 saturated carbocycles. The van der Waals surface area contributed by atoms with Gasteiger partial charge in [0.1, 0.15) is 6.29 Å². The molecule has 1 aliphatic rings. The van der Waals surface area contributed by atoms with Crippen molar-refractivity contribution in [2.45, 2.75) is 26.3 Å². The Bertz CT molecular complexity index is 176. The van der Waals surface area contributed by atoms with Crippen LogP contribution in [0.5, 0.6) is 0 Å². The van der Waals surface area contributed by atoms with Gasteiger partial charge in [-0.1, -0.05) is 13.8 Å². The van der Waals surface area contributed by atoms with Gasteiger partial charge in [-0.25, -0.2) is 0 Å². The normalized spacial score (nSPS) is 23.8. The molecule has 0 radical (unpaired) electrons. The first-order valence-electron chi connectivity index (χ1n) is 4.79. The summed E-state index contributed by atoms with van der Waals surface area (Å²) in [6.45, 7) is 4.87. The van der Waals surface area contributed by atoms with Gasteiger partial charge in [-0.15, -0.1) is 0 Å². The molecular weight excluding hydrogens is 182 g/mol. The second-order valence-electron chi connectivity index (χ2n) is 4.54. The van der Waals surface area contributed by atoms with Gasteiger partial charge >= 0.3 is 0 Å². The molecule has 1 fully saturated rings. The standard InChI is InChI=1S/C10H19NOS/c1-10(2,8-12)7-11(3)9-4-5-13-6-9/h8-9H,4-7H2,1-3H3. The summed E-state index contributed by atoms with van der Waals surface area (Å²) in [5, 5.41) is 0. The Morgan fingerprint density at radius 1 is 1.62 bits per heavy atom. The maximum atomic E-state index is 10.7. The fourth-order valence-electron chi connectivity index (χ4n) is 1.68. The van der Waals surface area contributed by atoms with Crippen LogP contribution in [0.1, 0.15) is 20.3 Å². The maximum Gasteiger partial charge on any atom is 0.126 e. The molecule has 0 N–H and O–H groups in total. The van der Waals surface area contributed by atoms with Crippen LogP contribution in [0.2, 0.25) is 0 Å². The number of thioether (sulfide) groups is 1. The molecule has 2 nitrogen and oxygen atoms in total. The number of carbonyl (C=O) groups excluding carboxylic acids is 1. The summed E-state index contributed by atoms with van der Waals surface area (Å²) in [6, 6.07) is 0.684. The fourth-order valence-corrected chi connectivity index (χ4v) is 2.98. The van der Waals surface area contributed by atoms with Gasteiger partial charge in [0.15, 0.2) is 0 Å². The lowest BCUT2D eigenvalue weighted by Crippen LogP contribution is -2.39. The van der Waals surface area contributed by atoms with Crippen molar-refractivity contribution in [2.75, 3.05) is 25.1 Å². The molecule has 0 aromatic rings. The van der Waals surface area contributed by atoms with Crippen LogP contribution in [0.4, 0.5) is 0 Å².